The zero-order chi connectivity index (χ0) is 30.8. The maximum atomic E-state index is 13.9. The summed E-state index contributed by atoms with van der Waals surface area (Å²) in [6.07, 6.45) is 2.81. The number of hydrogen-bond acceptors (Lipinski definition) is 4. The molecule has 0 saturated heterocycles. The van der Waals surface area contributed by atoms with E-state index in [9.17, 15) is 14.7 Å². The number of hydrogen-bond donors (Lipinski definition) is 0. The highest BCUT2D eigenvalue weighted by Gasteiger charge is 2.46. The van der Waals surface area contributed by atoms with Gasteiger partial charge >= 0.3 is 5.97 Å². The van der Waals surface area contributed by atoms with Crippen LogP contribution >= 0.6 is 7.26 Å². The summed E-state index contributed by atoms with van der Waals surface area (Å²) >= 11 is 0. The van der Waals surface area contributed by atoms with Crippen molar-refractivity contribution in [2.24, 2.45) is 5.41 Å². The van der Waals surface area contributed by atoms with Crippen LogP contribution in [0.4, 0.5) is 0 Å². The minimum atomic E-state index is -2.56. The first-order chi connectivity index (χ1) is 21.5. The van der Waals surface area contributed by atoms with Crippen LogP contribution in [0.5, 0.6) is 0 Å². The summed E-state index contributed by atoms with van der Waals surface area (Å²) in [6, 6.07) is 48.0. The van der Waals surface area contributed by atoms with Crippen molar-refractivity contribution >= 4 is 40.7 Å². The second-order valence-corrected chi connectivity index (χ2v) is 13.7. The number of carbonyl (C=O) groups excluding carboxylic acids is 2. The molecule has 5 aromatic rings. The van der Waals surface area contributed by atoms with Gasteiger partial charge in [0.05, 0.1) is 12.9 Å². The molecule has 0 heterocycles. The van der Waals surface area contributed by atoms with E-state index in [0.29, 0.717) is 11.1 Å². The van der Waals surface area contributed by atoms with E-state index >= 15 is 0 Å². The average molecular weight is 597 g/mol. The lowest BCUT2D eigenvalue weighted by Crippen LogP contribution is -2.34. The van der Waals surface area contributed by atoms with Gasteiger partial charge in [-0.1, -0.05) is 121 Å². The second-order valence-electron chi connectivity index (χ2n) is 10.4. The molecule has 0 radical (unpaired) electrons. The fourth-order valence-corrected chi connectivity index (χ4v) is 9.23. The lowest BCUT2D eigenvalue weighted by Gasteiger charge is -2.29. The Bertz CT molecular complexity index is 1640. The first kappa shape index (κ1) is 30.4. The van der Waals surface area contributed by atoms with Crippen LogP contribution in [0.2, 0.25) is 0 Å². The van der Waals surface area contributed by atoms with E-state index in [4.69, 9.17) is 4.74 Å². The van der Waals surface area contributed by atoms with Crippen LogP contribution < -0.4 is 21.0 Å². The van der Waals surface area contributed by atoms with E-state index in [2.05, 4.69) is 42.2 Å². The third-order valence-electron chi connectivity index (χ3n) is 7.65. The van der Waals surface area contributed by atoms with Crippen molar-refractivity contribution in [2.75, 3.05) is 7.11 Å². The molecule has 0 aliphatic heterocycles. The third-order valence-corrected chi connectivity index (χ3v) is 11.6. The predicted octanol–water partition coefficient (Wildman–Crippen LogP) is 6.33. The number of carbonyl (C=O) groups is 2. The number of methoxy groups -OCH3 is 1. The smallest absolute Gasteiger partial charge is 0.320 e. The van der Waals surface area contributed by atoms with E-state index in [1.165, 1.54) is 13.2 Å². The SMILES string of the molecule is COC(=O)C(/C=C(\[O-])c1ccccc1)(/C=C/[P+](c1ccccc1)(c1ccccc1)c1ccccc1)CC(=O)c1ccccc1. The van der Waals surface area contributed by atoms with Gasteiger partial charge in [-0.3, -0.25) is 9.59 Å². The maximum absolute atomic E-state index is 13.9. The minimum Gasteiger partial charge on any atom is -0.872 e. The van der Waals surface area contributed by atoms with Gasteiger partial charge in [0, 0.05) is 12.0 Å². The van der Waals surface area contributed by atoms with Gasteiger partial charge in [0.1, 0.15) is 28.6 Å². The van der Waals surface area contributed by atoms with Gasteiger partial charge < -0.3 is 9.84 Å². The molecule has 218 valence electrons. The molecule has 1 unspecified atom stereocenters. The molecule has 1 atom stereocenters. The molecule has 0 fully saturated rings. The van der Waals surface area contributed by atoms with Crippen molar-refractivity contribution < 1.29 is 19.4 Å². The molecule has 0 spiro atoms. The molecule has 0 aromatic heterocycles. The Kier molecular flexibility index (Phi) is 9.64. The van der Waals surface area contributed by atoms with Gasteiger partial charge in [-0.2, -0.15) is 0 Å². The molecule has 0 bridgehead atoms. The standard InChI is InChI=1S/C39H33O4P/c1-43-38(42)39(29-36(40)31-17-7-2-8-18-31,30-37(41)32-19-9-3-10-20-32)27-28-44(33-21-11-4-12-22-33,34-23-13-5-14-24-34)35-25-15-6-16-26-35/h2-29H,30H2,1H3/b28-27+,36-29-. The summed E-state index contributed by atoms with van der Waals surface area (Å²) in [7, 11) is -1.28. The summed E-state index contributed by atoms with van der Waals surface area (Å²) in [5.41, 5.74) is -0.820. The largest absolute Gasteiger partial charge is 0.872 e. The van der Waals surface area contributed by atoms with Crippen molar-refractivity contribution in [1.82, 2.24) is 0 Å². The Hall–Kier alpha value is -5.05. The fraction of sp³-hybridized carbons (Fsp3) is 0.0769. The normalized spacial score (nSPS) is 13.2. The number of ketones is 1. The Morgan fingerprint density at radius 2 is 1.02 bits per heavy atom. The molecular formula is C39H33O4P. The first-order valence-corrected chi connectivity index (χ1v) is 16.2. The molecule has 5 heteroatoms. The predicted molar refractivity (Wildman–Crippen MR) is 179 cm³/mol. The fourth-order valence-electron chi connectivity index (χ4n) is 5.40. The van der Waals surface area contributed by atoms with E-state index in [-0.39, 0.29) is 18.0 Å². The summed E-state index contributed by atoms with van der Waals surface area (Å²) in [6.45, 7) is 0. The van der Waals surface area contributed by atoms with Crippen LogP contribution in [-0.4, -0.2) is 18.9 Å². The van der Waals surface area contributed by atoms with Crippen LogP contribution in [0.3, 0.4) is 0 Å². The van der Waals surface area contributed by atoms with Crippen molar-refractivity contribution in [3.05, 3.63) is 181 Å². The summed E-state index contributed by atoms with van der Waals surface area (Å²) in [5.74, 6) is 0.719. The molecule has 0 saturated carbocycles. The lowest BCUT2D eigenvalue weighted by molar-refractivity contribution is -0.244. The molecule has 0 aliphatic carbocycles. The first-order valence-electron chi connectivity index (χ1n) is 14.4. The highest BCUT2D eigenvalue weighted by atomic mass is 31.2. The van der Waals surface area contributed by atoms with Crippen LogP contribution in [-0.2, 0) is 9.53 Å². The quantitative estimate of drug-likeness (QED) is 0.0774. The monoisotopic (exact) mass is 596 g/mol. The van der Waals surface area contributed by atoms with Crippen molar-refractivity contribution in [1.29, 1.82) is 0 Å². The summed E-state index contributed by atoms with van der Waals surface area (Å²) < 4.78 is 5.36. The lowest BCUT2D eigenvalue weighted by atomic mass is 9.80. The van der Waals surface area contributed by atoms with Gasteiger partial charge in [-0.25, -0.2) is 0 Å². The molecule has 4 nitrogen and oxygen atoms in total. The highest BCUT2D eigenvalue weighted by Crippen LogP contribution is 2.57. The zero-order valence-corrected chi connectivity index (χ0v) is 25.3. The van der Waals surface area contributed by atoms with Crippen LogP contribution in [0.1, 0.15) is 22.3 Å². The molecule has 0 N–H and O–H groups in total. The zero-order valence-electron chi connectivity index (χ0n) is 24.5. The number of ether oxygens (including phenoxy) is 1. The average Bonchev–Trinajstić information content (AvgIpc) is 3.10. The van der Waals surface area contributed by atoms with Gasteiger partial charge in [0.25, 0.3) is 0 Å². The molecule has 0 amide bonds. The highest BCUT2D eigenvalue weighted by molar-refractivity contribution is 7.98. The number of rotatable bonds is 11. The third kappa shape index (κ3) is 6.46. The summed E-state index contributed by atoms with van der Waals surface area (Å²) in [5, 5.41) is 16.9. The van der Waals surface area contributed by atoms with Crippen LogP contribution in [0.25, 0.3) is 5.76 Å². The Morgan fingerprint density at radius 1 is 0.636 bits per heavy atom. The van der Waals surface area contributed by atoms with Gasteiger partial charge in [-0.15, -0.1) is 5.76 Å². The Labute approximate surface area is 259 Å². The van der Waals surface area contributed by atoms with E-state index < -0.39 is 18.6 Å². The molecule has 5 aromatic carbocycles. The topological polar surface area (TPSA) is 66.4 Å². The van der Waals surface area contributed by atoms with Crippen LogP contribution in [0, 0.1) is 5.41 Å². The van der Waals surface area contributed by atoms with Gasteiger partial charge in [0.2, 0.25) is 0 Å². The Morgan fingerprint density at radius 3 is 1.43 bits per heavy atom. The van der Waals surface area contributed by atoms with E-state index in [0.717, 1.165) is 15.9 Å². The number of esters is 1. The summed E-state index contributed by atoms with van der Waals surface area (Å²) in [4.78, 5) is 27.7. The Balaban J connectivity index is 1.79. The molecular weight excluding hydrogens is 563 g/mol. The van der Waals surface area contributed by atoms with Gasteiger partial charge in [0.15, 0.2) is 5.78 Å². The van der Waals surface area contributed by atoms with E-state index in [1.807, 2.05) is 66.7 Å². The number of Topliss-reactive ketones (excluding diaryl/α,β-unsaturated/α-hetero) is 1. The van der Waals surface area contributed by atoms with Crippen LogP contribution in [0.15, 0.2) is 170 Å². The van der Waals surface area contributed by atoms with Gasteiger partial charge in [-0.05, 0) is 48.0 Å². The minimum absolute atomic E-state index is 0.277. The molecule has 5 rings (SSSR count). The molecule has 0 aliphatic rings. The maximum Gasteiger partial charge on any atom is 0.320 e. The van der Waals surface area contributed by atoms with Crippen molar-refractivity contribution in [2.45, 2.75) is 6.42 Å². The van der Waals surface area contributed by atoms with Crippen molar-refractivity contribution in [3.8, 4) is 0 Å². The second kappa shape index (κ2) is 13.9. The van der Waals surface area contributed by atoms with Crippen molar-refractivity contribution in [3.63, 3.8) is 0 Å². The number of benzene rings is 5. The molecule has 44 heavy (non-hydrogen) atoms. The van der Waals surface area contributed by atoms with E-state index in [1.54, 1.807) is 54.6 Å².